The number of rotatable bonds is 6. The first-order valence-corrected chi connectivity index (χ1v) is 10.1. The van der Waals surface area contributed by atoms with Gasteiger partial charge in [0.25, 0.3) is 0 Å². The number of guanidine groups is 1. The zero-order valence-corrected chi connectivity index (χ0v) is 16.5. The summed E-state index contributed by atoms with van der Waals surface area (Å²) >= 11 is 6.23. The van der Waals surface area contributed by atoms with E-state index in [4.69, 9.17) is 27.1 Å². The van der Waals surface area contributed by atoms with Gasteiger partial charge in [-0.2, -0.15) is 0 Å². The lowest BCUT2D eigenvalue weighted by atomic mass is 9.74. The molecule has 0 spiro atoms. The van der Waals surface area contributed by atoms with Gasteiger partial charge >= 0.3 is 0 Å². The van der Waals surface area contributed by atoms with Crippen molar-refractivity contribution in [2.24, 2.45) is 10.7 Å². The molecule has 1 aromatic carbocycles. The van der Waals surface area contributed by atoms with Crippen LogP contribution in [0.3, 0.4) is 0 Å². The lowest BCUT2D eigenvalue weighted by Crippen LogP contribution is -2.44. The number of halogens is 1. The highest BCUT2D eigenvalue weighted by molar-refractivity contribution is 6.30. The Balaban J connectivity index is 1.64. The minimum absolute atomic E-state index is 0.0434. The number of hydrogen-bond donors (Lipinski definition) is 2. The van der Waals surface area contributed by atoms with Crippen LogP contribution < -0.4 is 11.1 Å². The fourth-order valence-corrected chi connectivity index (χ4v) is 4.37. The summed E-state index contributed by atoms with van der Waals surface area (Å²) in [5.41, 5.74) is 7.38. The van der Waals surface area contributed by atoms with E-state index in [1.165, 1.54) is 24.9 Å². The van der Waals surface area contributed by atoms with E-state index in [0.717, 1.165) is 44.2 Å². The molecule has 0 amide bonds. The van der Waals surface area contributed by atoms with Crippen LogP contribution in [0.4, 0.5) is 0 Å². The van der Waals surface area contributed by atoms with Crippen molar-refractivity contribution < 1.29 is 4.74 Å². The molecule has 5 nitrogen and oxygen atoms in total. The Hall–Kier alpha value is -1.30. The third-order valence-electron chi connectivity index (χ3n) is 5.86. The van der Waals surface area contributed by atoms with Crippen LogP contribution in [0, 0.1) is 0 Å². The van der Waals surface area contributed by atoms with Gasteiger partial charge in [-0.1, -0.05) is 30.7 Å². The van der Waals surface area contributed by atoms with Crippen molar-refractivity contribution in [3.8, 4) is 0 Å². The summed E-state index contributed by atoms with van der Waals surface area (Å²) in [6, 6.07) is 8.70. The lowest BCUT2D eigenvalue weighted by molar-refractivity contribution is 0.0531. The highest BCUT2D eigenvalue weighted by Gasteiger charge is 2.34. The van der Waals surface area contributed by atoms with Gasteiger partial charge in [0.2, 0.25) is 0 Å². The smallest absolute Gasteiger partial charge is 0.188 e. The Morgan fingerprint density at radius 1 is 1.42 bits per heavy atom. The summed E-state index contributed by atoms with van der Waals surface area (Å²) in [4.78, 5) is 7.21. The van der Waals surface area contributed by atoms with Crippen LogP contribution in [0.2, 0.25) is 5.02 Å². The van der Waals surface area contributed by atoms with Gasteiger partial charge in [-0.25, -0.2) is 0 Å². The molecule has 0 saturated carbocycles. The van der Waals surface area contributed by atoms with Crippen molar-refractivity contribution in [2.75, 3.05) is 39.4 Å². The molecule has 3 N–H and O–H groups in total. The first kappa shape index (κ1) is 19.5. The van der Waals surface area contributed by atoms with Gasteiger partial charge in [-0.15, -0.1) is 0 Å². The maximum absolute atomic E-state index is 6.23. The van der Waals surface area contributed by atoms with Crippen molar-refractivity contribution in [3.05, 3.63) is 34.9 Å². The molecule has 2 aliphatic heterocycles. The predicted molar refractivity (Wildman–Crippen MR) is 108 cm³/mol. The monoisotopic (exact) mass is 378 g/mol. The Kier molecular flexibility index (Phi) is 6.79. The quantitative estimate of drug-likeness (QED) is 0.590. The van der Waals surface area contributed by atoms with Crippen LogP contribution in [0.1, 0.15) is 38.2 Å². The SMILES string of the molecule is CCN1CCCC1CNC(N)=NCC1(c2cccc(Cl)c2)CCOCC1. The largest absolute Gasteiger partial charge is 0.381 e. The van der Waals surface area contributed by atoms with Crippen LogP contribution in [0.15, 0.2) is 29.3 Å². The lowest BCUT2D eigenvalue weighted by Gasteiger charge is -2.36. The molecule has 1 unspecified atom stereocenters. The minimum Gasteiger partial charge on any atom is -0.381 e. The average Bonchev–Trinajstić information content (AvgIpc) is 3.13. The minimum atomic E-state index is -0.0434. The number of nitrogens with one attached hydrogen (secondary N) is 1. The van der Waals surface area contributed by atoms with Crippen LogP contribution >= 0.6 is 11.6 Å². The van der Waals surface area contributed by atoms with E-state index in [0.29, 0.717) is 18.5 Å². The van der Waals surface area contributed by atoms with E-state index in [2.05, 4.69) is 29.3 Å². The maximum Gasteiger partial charge on any atom is 0.188 e. The summed E-state index contributed by atoms with van der Waals surface area (Å²) in [7, 11) is 0. The zero-order valence-electron chi connectivity index (χ0n) is 15.7. The van der Waals surface area contributed by atoms with Gasteiger partial charge in [-0.3, -0.25) is 9.89 Å². The Bertz CT molecular complexity index is 616. The van der Waals surface area contributed by atoms with Crippen molar-refractivity contribution in [2.45, 2.75) is 44.1 Å². The first-order valence-electron chi connectivity index (χ1n) is 9.74. The van der Waals surface area contributed by atoms with E-state index >= 15 is 0 Å². The Morgan fingerprint density at radius 3 is 2.96 bits per heavy atom. The molecule has 2 heterocycles. The van der Waals surface area contributed by atoms with Crippen LogP contribution in [0.5, 0.6) is 0 Å². The molecule has 0 bridgehead atoms. The van der Waals surface area contributed by atoms with Gasteiger partial charge in [0, 0.05) is 36.2 Å². The maximum atomic E-state index is 6.23. The summed E-state index contributed by atoms with van der Waals surface area (Å²) in [6.07, 6.45) is 4.39. The molecule has 0 aromatic heterocycles. The fourth-order valence-electron chi connectivity index (χ4n) is 4.18. The number of likely N-dealkylation sites (tertiary alicyclic amines) is 1. The third-order valence-corrected chi connectivity index (χ3v) is 6.10. The summed E-state index contributed by atoms with van der Waals surface area (Å²) in [6.45, 7) is 7.55. The molecule has 26 heavy (non-hydrogen) atoms. The number of benzene rings is 1. The van der Waals surface area contributed by atoms with Gasteiger partial charge in [0.15, 0.2) is 5.96 Å². The molecule has 144 valence electrons. The molecule has 3 rings (SSSR count). The molecule has 1 aromatic rings. The van der Waals surface area contributed by atoms with Crippen LogP contribution in [0.25, 0.3) is 0 Å². The summed E-state index contributed by atoms with van der Waals surface area (Å²) in [5, 5.41) is 4.11. The van der Waals surface area contributed by atoms with Gasteiger partial charge < -0.3 is 15.8 Å². The molecule has 2 saturated heterocycles. The van der Waals surface area contributed by atoms with E-state index < -0.39 is 0 Å². The van der Waals surface area contributed by atoms with Gasteiger partial charge in [0.1, 0.15) is 0 Å². The standard InChI is InChI=1S/C20H31ClN4O/c1-2-25-10-4-7-18(25)14-23-19(22)24-15-20(8-11-26-12-9-20)16-5-3-6-17(21)13-16/h3,5-6,13,18H,2,4,7-12,14-15H2,1H3,(H3,22,23,24). The number of ether oxygens (including phenoxy) is 1. The van der Waals surface area contributed by atoms with Crippen LogP contribution in [-0.4, -0.2) is 56.3 Å². The number of likely N-dealkylation sites (N-methyl/N-ethyl adjacent to an activating group) is 1. The molecule has 6 heteroatoms. The fraction of sp³-hybridized carbons (Fsp3) is 0.650. The Morgan fingerprint density at radius 2 is 2.23 bits per heavy atom. The Labute approximate surface area is 161 Å². The van der Waals surface area contributed by atoms with Crippen LogP contribution in [-0.2, 0) is 10.2 Å². The van der Waals surface area contributed by atoms with Crippen molar-refractivity contribution in [3.63, 3.8) is 0 Å². The molecule has 1 atom stereocenters. The second kappa shape index (κ2) is 9.07. The molecular formula is C20H31ClN4O. The second-order valence-electron chi connectivity index (χ2n) is 7.41. The molecular weight excluding hydrogens is 348 g/mol. The van der Waals surface area contributed by atoms with E-state index in [1.807, 2.05) is 12.1 Å². The number of nitrogens with zero attached hydrogens (tertiary/aromatic N) is 2. The van der Waals surface area contributed by atoms with E-state index in [-0.39, 0.29) is 5.41 Å². The summed E-state index contributed by atoms with van der Waals surface area (Å²) < 4.78 is 5.59. The molecule has 0 aliphatic carbocycles. The number of nitrogens with two attached hydrogens (primary N) is 1. The average molecular weight is 379 g/mol. The van der Waals surface area contributed by atoms with E-state index in [1.54, 1.807) is 0 Å². The first-order chi connectivity index (χ1) is 12.6. The highest BCUT2D eigenvalue weighted by Crippen LogP contribution is 2.36. The number of hydrogen-bond acceptors (Lipinski definition) is 3. The topological polar surface area (TPSA) is 62.9 Å². The highest BCUT2D eigenvalue weighted by atomic mass is 35.5. The normalized spacial score (nSPS) is 23.9. The zero-order chi connectivity index (χ0) is 18.4. The van der Waals surface area contributed by atoms with Crippen molar-refractivity contribution in [1.29, 1.82) is 0 Å². The van der Waals surface area contributed by atoms with Gasteiger partial charge in [0.05, 0.1) is 6.54 Å². The second-order valence-corrected chi connectivity index (χ2v) is 7.85. The van der Waals surface area contributed by atoms with Gasteiger partial charge in [-0.05, 0) is 56.5 Å². The van der Waals surface area contributed by atoms with E-state index in [9.17, 15) is 0 Å². The molecule has 0 radical (unpaired) electrons. The van der Waals surface area contributed by atoms with Crippen molar-refractivity contribution >= 4 is 17.6 Å². The third kappa shape index (κ3) is 4.70. The predicted octanol–water partition coefficient (Wildman–Crippen LogP) is 2.78. The van der Waals surface area contributed by atoms with Crippen molar-refractivity contribution in [1.82, 2.24) is 10.2 Å². The summed E-state index contributed by atoms with van der Waals surface area (Å²) in [5.74, 6) is 0.542. The number of aliphatic imine (C=N–C) groups is 1. The molecule has 2 fully saturated rings. The molecule has 2 aliphatic rings.